The number of ketones is 1. The first-order valence-corrected chi connectivity index (χ1v) is 14.0. The van der Waals surface area contributed by atoms with Crippen LogP contribution in [0.4, 0.5) is 19.0 Å². The van der Waals surface area contributed by atoms with Gasteiger partial charge in [-0.25, -0.2) is 9.97 Å². The van der Waals surface area contributed by atoms with Crippen molar-refractivity contribution < 1.29 is 32.7 Å². The van der Waals surface area contributed by atoms with E-state index in [0.29, 0.717) is 47.7 Å². The minimum Gasteiger partial charge on any atom is -0.480 e. The Kier molecular flexibility index (Phi) is 7.53. The first kappa shape index (κ1) is 29.2. The van der Waals surface area contributed by atoms with Crippen molar-refractivity contribution in [1.82, 2.24) is 29.2 Å². The number of halogens is 3. The topological polar surface area (TPSA) is 147 Å². The first-order chi connectivity index (χ1) is 21.0. The third kappa shape index (κ3) is 5.72. The molecule has 14 heteroatoms. The number of aliphatic carboxylic acids is 1. The number of piperazine rings is 1. The van der Waals surface area contributed by atoms with Gasteiger partial charge < -0.3 is 15.7 Å². The molecule has 5 heterocycles. The summed E-state index contributed by atoms with van der Waals surface area (Å²) in [5.74, 6) is -0.610. The van der Waals surface area contributed by atoms with Crippen LogP contribution in [-0.2, 0) is 22.2 Å². The summed E-state index contributed by atoms with van der Waals surface area (Å²) >= 11 is 0. The number of amides is 1. The number of nitrogens with zero attached hydrogens (tertiary/aromatic N) is 6. The van der Waals surface area contributed by atoms with Crippen molar-refractivity contribution in [3.63, 3.8) is 0 Å². The number of carbonyl (C=O) groups excluding carboxylic acids is 2. The predicted molar refractivity (Wildman–Crippen MR) is 152 cm³/mol. The number of hydrogen-bond acceptors (Lipinski definition) is 8. The fourth-order valence-electron chi connectivity index (χ4n) is 6.10. The van der Waals surface area contributed by atoms with Crippen LogP contribution in [0.3, 0.4) is 0 Å². The molecule has 2 fully saturated rings. The summed E-state index contributed by atoms with van der Waals surface area (Å²) < 4.78 is 41.1. The summed E-state index contributed by atoms with van der Waals surface area (Å²) in [4.78, 5) is 53.6. The standard InChI is InChI=1S/C30H28F3N7O4/c31-30(32,33)20-7-8-35-21(11-20)12-23(41)17-1-3-18(4-2-17)26-27-28(34)36-9-10-39(27)29(37-26)19-5-6-22-14-38(16-25(43)44)15-24(42)40(22)13-19/h1-4,7-11,19,22H,5-6,12-16H2,(H2,34,36)(H,43,44)/t19-,22+/m1/s1. The minimum atomic E-state index is -4.53. The zero-order valence-corrected chi connectivity index (χ0v) is 23.4. The van der Waals surface area contributed by atoms with E-state index in [9.17, 15) is 27.6 Å². The van der Waals surface area contributed by atoms with Gasteiger partial charge in [-0.2, -0.15) is 13.2 Å². The van der Waals surface area contributed by atoms with Gasteiger partial charge in [0.1, 0.15) is 22.9 Å². The second-order valence-electron chi connectivity index (χ2n) is 11.1. The number of alkyl halides is 3. The molecule has 0 radical (unpaired) electrons. The maximum atomic E-state index is 13.1. The molecule has 44 heavy (non-hydrogen) atoms. The number of piperidine rings is 1. The van der Waals surface area contributed by atoms with Crippen LogP contribution in [0.1, 0.15) is 46.2 Å². The Labute approximate surface area is 249 Å². The Morgan fingerprint density at radius 3 is 2.55 bits per heavy atom. The Bertz CT molecular complexity index is 1760. The number of carboxylic acid groups (broad SMARTS) is 1. The Morgan fingerprint density at radius 1 is 1.05 bits per heavy atom. The van der Waals surface area contributed by atoms with Crippen LogP contribution >= 0.6 is 0 Å². The van der Waals surface area contributed by atoms with Gasteiger partial charge in [-0.15, -0.1) is 0 Å². The van der Waals surface area contributed by atoms with Gasteiger partial charge in [-0.05, 0) is 25.0 Å². The van der Waals surface area contributed by atoms with Crippen LogP contribution in [0.25, 0.3) is 16.8 Å². The zero-order chi connectivity index (χ0) is 31.2. The molecule has 1 aromatic carbocycles. The lowest BCUT2D eigenvalue weighted by Gasteiger charge is -2.45. The first-order valence-electron chi connectivity index (χ1n) is 14.0. The van der Waals surface area contributed by atoms with Gasteiger partial charge in [-0.3, -0.25) is 28.7 Å². The number of Topliss-reactive ketones (excluding diaryl/α,β-unsaturated/α-hetero) is 1. The summed E-state index contributed by atoms with van der Waals surface area (Å²) in [5.41, 5.74) is 7.55. The van der Waals surface area contributed by atoms with Crippen molar-refractivity contribution >= 4 is 29.0 Å². The number of hydrogen-bond donors (Lipinski definition) is 2. The molecule has 0 aliphatic carbocycles. The highest BCUT2D eigenvalue weighted by molar-refractivity contribution is 5.98. The van der Waals surface area contributed by atoms with E-state index in [1.165, 1.54) is 0 Å². The normalized spacial score (nSPS) is 19.2. The van der Waals surface area contributed by atoms with Crippen LogP contribution in [0.15, 0.2) is 55.0 Å². The molecule has 3 aromatic heterocycles. The fraction of sp³-hybridized carbons (Fsp3) is 0.333. The molecule has 11 nitrogen and oxygen atoms in total. The number of pyridine rings is 1. The highest BCUT2D eigenvalue weighted by atomic mass is 19.4. The Morgan fingerprint density at radius 2 is 1.82 bits per heavy atom. The van der Waals surface area contributed by atoms with Crippen LogP contribution in [-0.4, -0.2) is 84.1 Å². The summed E-state index contributed by atoms with van der Waals surface area (Å²) in [7, 11) is 0. The second-order valence-corrected chi connectivity index (χ2v) is 11.1. The minimum absolute atomic E-state index is 0.0222. The highest BCUT2D eigenvalue weighted by Crippen LogP contribution is 2.36. The molecule has 2 saturated heterocycles. The van der Waals surface area contributed by atoms with E-state index in [1.807, 2.05) is 9.30 Å². The molecule has 0 saturated carbocycles. The van der Waals surface area contributed by atoms with E-state index >= 15 is 0 Å². The third-order valence-corrected chi connectivity index (χ3v) is 8.15. The van der Waals surface area contributed by atoms with Gasteiger partial charge in [-0.1, -0.05) is 24.3 Å². The fourth-order valence-corrected chi connectivity index (χ4v) is 6.10. The Balaban J connectivity index is 1.24. The number of carboxylic acids is 1. The van der Waals surface area contributed by atoms with E-state index < -0.39 is 17.7 Å². The maximum absolute atomic E-state index is 13.1. The molecule has 2 aliphatic rings. The van der Waals surface area contributed by atoms with Crippen LogP contribution in [0.5, 0.6) is 0 Å². The summed E-state index contributed by atoms with van der Waals surface area (Å²) in [6.07, 6.45) is 0.970. The van der Waals surface area contributed by atoms with Crippen molar-refractivity contribution in [2.24, 2.45) is 0 Å². The molecule has 0 unspecified atom stereocenters. The number of rotatable bonds is 7. The number of benzene rings is 1. The number of aromatic nitrogens is 4. The maximum Gasteiger partial charge on any atom is 0.416 e. The summed E-state index contributed by atoms with van der Waals surface area (Å²) in [6, 6.07) is 8.24. The van der Waals surface area contributed by atoms with Gasteiger partial charge in [0.2, 0.25) is 5.91 Å². The summed E-state index contributed by atoms with van der Waals surface area (Å²) in [5, 5.41) is 9.15. The lowest BCUT2D eigenvalue weighted by molar-refractivity contribution is -0.146. The van der Waals surface area contributed by atoms with Gasteiger partial charge in [0.15, 0.2) is 5.78 Å². The third-order valence-electron chi connectivity index (χ3n) is 8.15. The van der Waals surface area contributed by atoms with Gasteiger partial charge in [0.25, 0.3) is 0 Å². The SMILES string of the molecule is Nc1nccn2c([C@@H]3CC[C@H]4CN(CC(=O)O)CC(=O)N4C3)nc(-c3ccc(C(=O)Cc4cc(C(F)(F)F)ccn4)cc3)c12. The number of fused-ring (bicyclic) bond motifs is 2. The van der Waals surface area contributed by atoms with E-state index in [0.717, 1.165) is 24.8 Å². The number of anilines is 1. The van der Waals surface area contributed by atoms with Gasteiger partial charge in [0, 0.05) is 60.5 Å². The van der Waals surface area contributed by atoms with Crippen LogP contribution in [0.2, 0.25) is 0 Å². The smallest absolute Gasteiger partial charge is 0.416 e. The van der Waals surface area contributed by atoms with Gasteiger partial charge in [0.05, 0.1) is 25.1 Å². The van der Waals surface area contributed by atoms with E-state index in [2.05, 4.69) is 9.97 Å². The van der Waals surface area contributed by atoms with Crippen molar-refractivity contribution in [2.45, 2.75) is 37.4 Å². The van der Waals surface area contributed by atoms with Crippen molar-refractivity contribution in [3.05, 3.63) is 77.6 Å². The quantitative estimate of drug-likeness (QED) is 0.302. The molecule has 228 valence electrons. The van der Waals surface area contributed by atoms with Crippen molar-refractivity contribution in [3.8, 4) is 11.3 Å². The lowest BCUT2D eigenvalue weighted by Crippen LogP contribution is -2.59. The monoisotopic (exact) mass is 607 g/mol. The molecule has 3 N–H and O–H groups in total. The molecule has 0 bridgehead atoms. The zero-order valence-electron chi connectivity index (χ0n) is 23.4. The van der Waals surface area contributed by atoms with Crippen LogP contribution < -0.4 is 5.73 Å². The molecule has 6 rings (SSSR count). The molecule has 4 aromatic rings. The number of carbonyl (C=O) groups is 3. The van der Waals surface area contributed by atoms with Crippen molar-refractivity contribution in [2.75, 3.05) is 31.9 Å². The largest absolute Gasteiger partial charge is 0.480 e. The lowest BCUT2D eigenvalue weighted by atomic mass is 9.90. The van der Waals surface area contributed by atoms with E-state index in [1.54, 1.807) is 41.6 Å². The second kappa shape index (κ2) is 11.3. The molecule has 1 amide bonds. The van der Waals surface area contributed by atoms with E-state index in [4.69, 9.17) is 15.8 Å². The number of nitrogen functional groups attached to an aromatic ring is 1. The average molecular weight is 608 g/mol. The number of nitrogens with two attached hydrogens (primary N) is 1. The predicted octanol–water partition coefficient (Wildman–Crippen LogP) is 3.29. The summed E-state index contributed by atoms with van der Waals surface area (Å²) in [6.45, 7) is 0.813. The van der Waals surface area contributed by atoms with Gasteiger partial charge >= 0.3 is 12.1 Å². The molecule has 2 aliphatic heterocycles. The molecule has 0 spiro atoms. The molecular weight excluding hydrogens is 579 g/mol. The van der Waals surface area contributed by atoms with E-state index in [-0.39, 0.29) is 54.7 Å². The van der Waals surface area contributed by atoms with Crippen molar-refractivity contribution in [1.29, 1.82) is 0 Å². The number of imidazole rings is 1. The molecule has 2 atom stereocenters. The average Bonchev–Trinajstić information content (AvgIpc) is 3.37. The van der Waals surface area contributed by atoms with Crippen LogP contribution in [0, 0.1) is 0 Å². The molecular formula is C30H28F3N7O4. The Hall–Kier alpha value is -4.85. The highest BCUT2D eigenvalue weighted by Gasteiger charge is 2.39.